The molecule has 0 aliphatic rings. The second kappa shape index (κ2) is 17.8. The fraction of sp³-hybridized carbons (Fsp3) is 0.600. The molecule has 5 nitrogen and oxygen atoms in total. The molecule has 0 bridgehead atoms. The maximum Gasteiger partial charge on any atom is 1.00 e. The zero-order chi connectivity index (χ0) is 8.57. The van der Waals surface area contributed by atoms with E-state index in [4.69, 9.17) is 15.6 Å². The van der Waals surface area contributed by atoms with Crippen molar-refractivity contribution in [3.05, 3.63) is 0 Å². The molecule has 0 saturated carbocycles. The summed E-state index contributed by atoms with van der Waals surface area (Å²) in [7, 11) is 1.30. The van der Waals surface area contributed by atoms with Crippen molar-refractivity contribution in [2.45, 2.75) is 6.92 Å². The molecule has 0 saturated heterocycles. The summed E-state index contributed by atoms with van der Waals surface area (Å²) in [6, 6.07) is 0. The summed E-state index contributed by atoms with van der Waals surface area (Å²) in [5.41, 5.74) is 4.81. The zero-order valence-corrected chi connectivity index (χ0v) is 12.0. The third-order valence-corrected chi connectivity index (χ3v) is 0.394. The number of methoxy groups -OCH3 is 1. The molecule has 64 valence electrons. The summed E-state index contributed by atoms with van der Waals surface area (Å²) in [4.78, 5) is 18.8. The summed E-state index contributed by atoms with van der Waals surface area (Å²) in [5, 5.41) is 7.42. The minimum atomic E-state index is -0.833. The van der Waals surface area contributed by atoms with E-state index in [0.29, 0.717) is 0 Å². The number of carboxylic acids is 1. The van der Waals surface area contributed by atoms with Gasteiger partial charge in [-0.2, -0.15) is 0 Å². The van der Waals surface area contributed by atoms with E-state index in [1.165, 1.54) is 7.11 Å². The summed E-state index contributed by atoms with van der Waals surface area (Å²) in [6.45, 7) is 1.05. The van der Waals surface area contributed by atoms with Crippen LogP contribution in [0.25, 0.3) is 0 Å². The largest absolute Gasteiger partial charge is 1.00 e. The van der Waals surface area contributed by atoms with Crippen molar-refractivity contribution in [1.82, 2.24) is 0 Å². The van der Waals surface area contributed by atoms with Gasteiger partial charge in [0, 0.05) is 6.92 Å². The molecule has 0 aromatic carbocycles. The molecule has 0 atom stereocenters. The van der Waals surface area contributed by atoms with Gasteiger partial charge in [0.15, 0.2) is 0 Å². The Bertz CT molecular complexity index is 118. The molecule has 0 aromatic rings. The van der Waals surface area contributed by atoms with Gasteiger partial charge in [-0.25, -0.2) is 0 Å². The first-order chi connectivity index (χ1) is 4.54. The SMILES string of the molecule is CC(=O)O.COC(=O)CN.[H-].[H-].[Na+].[Na+]. The molecule has 0 fully saturated rings. The molecule has 3 N–H and O–H groups in total. The monoisotopic (exact) mass is 197 g/mol. The molecule has 0 rings (SSSR count). The molecule has 0 aliphatic heterocycles. The van der Waals surface area contributed by atoms with E-state index in [-0.39, 0.29) is 74.5 Å². The second-order valence-corrected chi connectivity index (χ2v) is 1.30. The minimum Gasteiger partial charge on any atom is -1.00 e. The van der Waals surface area contributed by atoms with Gasteiger partial charge >= 0.3 is 65.1 Å². The fourth-order valence-corrected chi connectivity index (χ4v) is 0.0833. The number of esters is 1. The molecule has 0 aliphatic carbocycles. The molecule has 12 heavy (non-hydrogen) atoms. The van der Waals surface area contributed by atoms with Crippen LogP contribution in [0.4, 0.5) is 0 Å². The van der Waals surface area contributed by atoms with Crippen molar-refractivity contribution in [3.8, 4) is 0 Å². The van der Waals surface area contributed by atoms with E-state index < -0.39 is 5.97 Å². The molecular formula is C5H13NNa2O4. The fourth-order valence-electron chi connectivity index (χ4n) is 0.0833. The topological polar surface area (TPSA) is 89.6 Å². The summed E-state index contributed by atoms with van der Waals surface area (Å²) >= 11 is 0. The first-order valence-corrected chi connectivity index (χ1v) is 2.51. The van der Waals surface area contributed by atoms with Gasteiger partial charge in [0.25, 0.3) is 5.97 Å². The van der Waals surface area contributed by atoms with Crippen molar-refractivity contribution in [3.63, 3.8) is 0 Å². The zero-order valence-electron chi connectivity index (χ0n) is 9.96. The summed E-state index contributed by atoms with van der Waals surface area (Å²) < 4.78 is 4.14. The number of carbonyl (C=O) groups is 2. The third kappa shape index (κ3) is 44.5. The number of aliphatic carboxylic acids is 1. The van der Waals surface area contributed by atoms with E-state index in [0.717, 1.165) is 6.92 Å². The van der Waals surface area contributed by atoms with E-state index in [1.807, 2.05) is 0 Å². The van der Waals surface area contributed by atoms with Crippen LogP contribution in [-0.2, 0) is 14.3 Å². The van der Waals surface area contributed by atoms with Gasteiger partial charge in [-0.05, 0) is 0 Å². The van der Waals surface area contributed by atoms with Crippen LogP contribution in [0.3, 0.4) is 0 Å². The van der Waals surface area contributed by atoms with Crippen LogP contribution >= 0.6 is 0 Å². The van der Waals surface area contributed by atoms with Crippen LogP contribution in [-0.4, -0.2) is 30.7 Å². The van der Waals surface area contributed by atoms with Crippen molar-refractivity contribution in [2.75, 3.05) is 13.7 Å². The number of hydrogen-bond donors (Lipinski definition) is 2. The van der Waals surface area contributed by atoms with Crippen LogP contribution < -0.4 is 64.8 Å². The molecule has 0 radical (unpaired) electrons. The Hall–Kier alpha value is 0.900. The predicted molar refractivity (Wildman–Crippen MR) is 36.6 cm³/mol. The Labute approximate surface area is 119 Å². The van der Waals surface area contributed by atoms with Gasteiger partial charge in [0.1, 0.15) is 0 Å². The Morgan fingerprint density at radius 3 is 1.75 bits per heavy atom. The van der Waals surface area contributed by atoms with Crippen molar-refractivity contribution >= 4 is 11.9 Å². The Morgan fingerprint density at radius 1 is 1.50 bits per heavy atom. The van der Waals surface area contributed by atoms with E-state index >= 15 is 0 Å². The average molecular weight is 197 g/mol. The second-order valence-electron chi connectivity index (χ2n) is 1.30. The van der Waals surface area contributed by atoms with Gasteiger partial charge in [-0.15, -0.1) is 0 Å². The maximum absolute atomic E-state index is 9.83. The Balaban J connectivity index is -0.0000000185. The first-order valence-electron chi connectivity index (χ1n) is 2.51. The molecule has 7 heteroatoms. The predicted octanol–water partition coefficient (Wildman–Crippen LogP) is -6.56. The Kier molecular flexibility index (Phi) is 34.3. The van der Waals surface area contributed by atoms with E-state index in [2.05, 4.69) is 4.74 Å². The number of ether oxygens (including phenoxy) is 1. The average Bonchev–Trinajstić information content (AvgIpc) is 1.85. The number of carbonyl (C=O) groups excluding carboxylic acids is 1. The van der Waals surface area contributed by atoms with Crippen molar-refractivity contribution in [1.29, 1.82) is 0 Å². The van der Waals surface area contributed by atoms with Gasteiger partial charge in [0.05, 0.1) is 13.7 Å². The molecule has 0 unspecified atom stereocenters. The molecule has 0 heterocycles. The van der Waals surface area contributed by atoms with Crippen LogP contribution in [0, 0.1) is 0 Å². The van der Waals surface area contributed by atoms with E-state index in [9.17, 15) is 4.79 Å². The minimum absolute atomic E-state index is 0. The molecular weight excluding hydrogens is 184 g/mol. The van der Waals surface area contributed by atoms with Gasteiger partial charge < -0.3 is 18.4 Å². The van der Waals surface area contributed by atoms with Crippen LogP contribution in [0.1, 0.15) is 9.78 Å². The van der Waals surface area contributed by atoms with Crippen molar-refractivity contribution < 1.29 is 81.4 Å². The van der Waals surface area contributed by atoms with Crippen LogP contribution in [0.2, 0.25) is 0 Å². The summed E-state index contributed by atoms with van der Waals surface area (Å²) in [6.07, 6.45) is 0. The van der Waals surface area contributed by atoms with Crippen molar-refractivity contribution in [2.24, 2.45) is 5.73 Å². The third-order valence-electron chi connectivity index (χ3n) is 0.394. The van der Waals surface area contributed by atoms with Crippen LogP contribution in [0.5, 0.6) is 0 Å². The standard InChI is InChI=1S/C3H7NO2.C2H4O2.2Na.2H/c1-6-3(5)2-4;1-2(3)4;;;;/h2,4H2,1H3;1H3,(H,3,4);;;;/q;;2*+1;2*-1. The normalized spacial score (nSPS) is 5.92. The maximum atomic E-state index is 9.83. The number of carboxylic acid groups (broad SMARTS) is 1. The quantitative estimate of drug-likeness (QED) is 0.322. The molecule has 0 amide bonds. The number of rotatable bonds is 1. The summed E-state index contributed by atoms with van der Waals surface area (Å²) in [5.74, 6) is -1.21. The van der Waals surface area contributed by atoms with E-state index in [1.54, 1.807) is 0 Å². The smallest absolute Gasteiger partial charge is 1.00 e. The van der Waals surface area contributed by atoms with Gasteiger partial charge in [-0.3, -0.25) is 9.59 Å². The number of hydrogen-bond acceptors (Lipinski definition) is 4. The Morgan fingerprint density at radius 2 is 1.75 bits per heavy atom. The molecule has 0 spiro atoms. The van der Waals surface area contributed by atoms with Gasteiger partial charge in [-0.1, -0.05) is 0 Å². The number of nitrogens with two attached hydrogens (primary N) is 1. The first kappa shape index (κ1) is 23.1. The molecule has 0 aromatic heterocycles. The van der Waals surface area contributed by atoms with Gasteiger partial charge in [0.2, 0.25) is 0 Å². The van der Waals surface area contributed by atoms with Crippen LogP contribution in [0.15, 0.2) is 0 Å².